The van der Waals surface area contributed by atoms with Crippen LogP contribution in [0.25, 0.3) is 5.69 Å². The third kappa shape index (κ3) is 3.38. The van der Waals surface area contributed by atoms with E-state index in [1.807, 2.05) is 36.4 Å². The number of aromatic nitrogens is 2. The molecule has 2 aromatic carbocycles. The van der Waals surface area contributed by atoms with Gasteiger partial charge in [-0.05, 0) is 42.7 Å². The van der Waals surface area contributed by atoms with E-state index in [1.54, 1.807) is 23.0 Å². The Morgan fingerprint density at radius 1 is 1.17 bits per heavy atom. The molecule has 3 aromatic rings. The van der Waals surface area contributed by atoms with Crippen molar-refractivity contribution in [1.82, 2.24) is 9.78 Å². The van der Waals surface area contributed by atoms with Gasteiger partial charge in [0.05, 0.1) is 23.0 Å². The van der Waals surface area contributed by atoms with Crippen LogP contribution in [-0.4, -0.2) is 20.7 Å². The van der Waals surface area contributed by atoms with Crippen molar-refractivity contribution in [2.24, 2.45) is 0 Å². The number of phenolic OH excluding ortho intramolecular Hbond substituents is 1. The van der Waals surface area contributed by atoms with E-state index in [0.717, 1.165) is 30.5 Å². The number of benzene rings is 2. The second kappa shape index (κ2) is 7.13. The van der Waals surface area contributed by atoms with E-state index in [9.17, 15) is 9.90 Å². The zero-order chi connectivity index (χ0) is 16.9. The molecule has 0 unspecified atom stereocenters. The molecule has 122 valence electrons. The second-order valence-electron chi connectivity index (χ2n) is 5.79. The van der Waals surface area contributed by atoms with Gasteiger partial charge in [-0.15, -0.1) is 0 Å². The van der Waals surface area contributed by atoms with E-state index in [4.69, 9.17) is 0 Å². The number of rotatable bonds is 6. The van der Waals surface area contributed by atoms with E-state index in [-0.39, 0.29) is 11.5 Å². The summed E-state index contributed by atoms with van der Waals surface area (Å²) >= 11 is 0. The molecule has 0 fully saturated rings. The minimum absolute atomic E-state index is 0.00714. The van der Waals surface area contributed by atoms with Crippen LogP contribution in [0.4, 0.5) is 0 Å². The first kappa shape index (κ1) is 16.0. The molecule has 0 saturated carbocycles. The summed E-state index contributed by atoms with van der Waals surface area (Å²) in [5.41, 5.74) is 2.74. The number of ketones is 1. The molecule has 0 atom stereocenters. The fraction of sp³-hybridized carbons (Fsp3) is 0.200. The van der Waals surface area contributed by atoms with E-state index in [0.29, 0.717) is 11.1 Å². The van der Waals surface area contributed by atoms with Gasteiger partial charge in [-0.2, -0.15) is 5.10 Å². The summed E-state index contributed by atoms with van der Waals surface area (Å²) in [5.74, 6) is -0.208. The highest BCUT2D eigenvalue weighted by Gasteiger charge is 2.16. The Morgan fingerprint density at radius 2 is 1.96 bits per heavy atom. The minimum Gasteiger partial charge on any atom is -0.507 e. The highest BCUT2D eigenvalue weighted by atomic mass is 16.3. The van der Waals surface area contributed by atoms with Crippen LogP contribution in [0.5, 0.6) is 5.75 Å². The third-order valence-electron chi connectivity index (χ3n) is 3.99. The van der Waals surface area contributed by atoms with Crippen LogP contribution >= 0.6 is 0 Å². The predicted molar refractivity (Wildman–Crippen MR) is 93.7 cm³/mol. The number of phenols is 1. The lowest BCUT2D eigenvalue weighted by Crippen LogP contribution is -2.02. The highest BCUT2D eigenvalue weighted by Crippen LogP contribution is 2.23. The number of carbonyl (C=O) groups excluding carboxylic acids is 1. The van der Waals surface area contributed by atoms with Crippen molar-refractivity contribution in [3.8, 4) is 11.4 Å². The number of nitrogens with zero attached hydrogens (tertiary/aromatic N) is 2. The number of aromatic hydroxyl groups is 1. The monoisotopic (exact) mass is 320 g/mol. The normalized spacial score (nSPS) is 10.7. The van der Waals surface area contributed by atoms with Gasteiger partial charge in [-0.3, -0.25) is 4.79 Å². The molecule has 24 heavy (non-hydrogen) atoms. The van der Waals surface area contributed by atoms with Gasteiger partial charge in [0, 0.05) is 6.20 Å². The molecule has 1 N–H and O–H groups in total. The van der Waals surface area contributed by atoms with Crippen LogP contribution in [0.1, 0.15) is 41.3 Å². The van der Waals surface area contributed by atoms with E-state index in [1.165, 1.54) is 6.20 Å². The second-order valence-corrected chi connectivity index (χ2v) is 5.79. The maximum atomic E-state index is 12.7. The van der Waals surface area contributed by atoms with Gasteiger partial charge >= 0.3 is 0 Å². The lowest BCUT2D eigenvalue weighted by Gasteiger charge is -2.06. The van der Waals surface area contributed by atoms with Gasteiger partial charge in [0.2, 0.25) is 0 Å². The molecule has 1 aromatic heterocycles. The molecule has 0 aliphatic heterocycles. The molecule has 3 rings (SSSR count). The van der Waals surface area contributed by atoms with Gasteiger partial charge in [0.25, 0.3) is 0 Å². The van der Waals surface area contributed by atoms with Gasteiger partial charge in [0.15, 0.2) is 5.78 Å². The Bertz CT molecular complexity index is 838. The predicted octanol–water partition coefficient (Wildman–Crippen LogP) is 4.15. The SMILES string of the molecule is CCCCc1ccc(O)c(C(=O)c2cnn(-c3ccccc3)c2)c1. The average Bonchev–Trinajstić information content (AvgIpc) is 3.11. The van der Waals surface area contributed by atoms with Gasteiger partial charge in [-0.1, -0.05) is 37.6 Å². The molecule has 0 saturated heterocycles. The zero-order valence-electron chi connectivity index (χ0n) is 13.6. The Labute approximate surface area is 141 Å². The molecule has 0 aliphatic carbocycles. The standard InChI is InChI=1S/C20H20N2O2/c1-2-3-7-15-10-11-19(23)18(12-15)20(24)16-13-21-22(14-16)17-8-5-4-6-9-17/h4-6,8-14,23H,2-3,7H2,1H3. The van der Waals surface area contributed by atoms with E-state index >= 15 is 0 Å². The highest BCUT2D eigenvalue weighted by molar-refractivity contribution is 6.10. The van der Waals surface area contributed by atoms with Crippen molar-refractivity contribution in [1.29, 1.82) is 0 Å². The van der Waals surface area contributed by atoms with Crippen LogP contribution in [-0.2, 0) is 6.42 Å². The van der Waals surface area contributed by atoms with Crippen LogP contribution in [0, 0.1) is 0 Å². The first-order chi connectivity index (χ1) is 11.7. The summed E-state index contributed by atoms with van der Waals surface area (Å²) in [5, 5.41) is 14.3. The number of hydrogen-bond donors (Lipinski definition) is 1. The number of aryl methyl sites for hydroxylation is 1. The summed E-state index contributed by atoms with van der Waals surface area (Å²) in [4.78, 5) is 12.7. The molecule has 4 heteroatoms. The summed E-state index contributed by atoms with van der Waals surface area (Å²) in [6.07, 6.45) is 6.28. The summed E-state index contributed by atoms with van der Waals surface area (Å²) in [6.45, 7) is 2.13. The fourth-order valence-corrected chi connectivity index (χ4v) is 2.62. The minimum atomic E-state index is -0.215. The first-order valence-corrected chi connectivity index (χ1v) is 8.15. The van der Waals surface area contributed by atoms with Crippen LogP contribution < -0.4 is 0 Å². The first-order valence-electron chi connectivity index (χ1n) is 8.15. The van der Waals surface area contributed by atoms with Crippen molar-refractivity contribution >= 4 is 5.78 Å². The Balaban J connectivity index is 1.88. The molecule has 1 heterocycles. The number of unbranched alkanes of at least 4 members (excludes halogenated alkanes) is 1. The molecule has 0 spiro atoms. The van der Waals surface area contributed by atoms with Gasteiger partial charge < -0.3 is 5.11 Å². The largest absolute Gasteiger partial charge is 0.507 e. The van der Waals surface area contributed by atoms with Crippen molar-refractivity contribution in [3.63, 3.8) is 0 Å². The third-order valence-corrected chi connectivity index (χ3v) is 3.99. The lowest BCUT2D eigenvalue weighted by atomic mass is 10.00. The average molecular weight is 320 g/mol. The quantitative estimate of drug-likeness (QED) is 0.694. The van der Waals surface area contributed by atoms with Crippen molar-refractivity contribution < 1.29 is 9.90 Å². The van der Waals surface area contributed by atoms with E-state index < -0.39 is 0 Å². The Hall–Kier alpha value is -2.88. The molecule has 4 nitrogen and oxygen atoms in total. The van der Waals surface area contributed by atoms with Crippen molar-refractivity contribution in [2.45, 2.75) is 26.2 Å². The Morgan fingerprint density at radius 3 is 2.71 bits per heavy atom. The fourth-order valence-electron chi connectivity index (χ4n) is 2.62. The summed E-state index contributed by atoms with van der Waals surface area (Å²) in [6, 6.07) is 14.9. The van der Waals surface area contributed by atoms with Crippen molar-refractivity contribution in [2.75, 3.05) is 0 Å². The summed E-state index contributed by atoms with van der Waals surface area (Å²) in [7, 11) is 0. The molecule has 0 bridgehead atoms. The molecular formula is C20H20N2O2. The maximum absolute atomic E-state index is 12.7. The topological polar surface area (TPSA) is 55.1 Å². The summed E-state index contributed by atoms with van der Waals surface area (Å²) < 4.78 is 1.66. The number of para-hydroxylation sites is 1. The molecule has 0 aliphatic rings. The molecule has 0 radical (unpaired) electrons. The van der Waals surface area contributed by atoms with Crippen molar-refractivity contribution in [3.05, 3.63) is 77.6 Å². The lowest BCUT2D eigenvalue weighted by molar-refractivity contribution is 0.103. The van der Waals surface area contributed by atoms with Gasteiger partial charge in [-0.25, -0.2) is 4.68 Å². The van der Waals surface area contributed by atoms with Crippen LogP contribution in [0.2, 0.25) is 0 Å². The number of hydrogen-bond acceptors (Lipinski definition) is 3. The smallest absolute Gasteiger partial charge is 0.199 e. The number of carbonyl (C=O) groups is 1. The van der Waals surface area contributed by atoms with Crippen LogP contribution in [0.15, 0.2) is 60.9 Å². The molecule has 0 amide bonds. The maximum Gasteiger partial charge on any atom is 0.199 e. The van der Waals surface area contributed by atoms with Gasteiger partial charge in [0.1, 0.15) is 5.75 Å². The van der Waals surface area contributed by atoms with E-state index in [2.05, 4.69) is 12.0 Å². The van der Waals surface area contributed by atoms with Crippen LogP contribution in [0.3, 0.4) is 0 Å². The zero-order valence-corrected chi connectivity index (χ0v) is 13.6. The Kier molecular flexibility index (Phi) is 4.75. The molecular weight excluding hydrogens is 300 g/mol.